The van der Waals surface area contributed by atoms with Gasteiger partial charge in [0.25, 0.3) is 0 Å². The molecule has 0 bridgehead atoms. The number of hydrogen-bond donors (Lipinski definition) is 9. The fourth-order valence-electron chi connectivity index (χ4n) is 1.07. The SMILES string of the molecule is O[PH](O)(O)CN(C[PH](O)(O)O)C[PH](O)(O)O. The Morgan fingerprint density at radius 1 is 0.500 bits per heavy atom. The average molecular weight is 305 g/mol. The zero-order valence-corrected chi connectivity index (χ0v) is 11.1. The summed E-state index contributed by atoms with van der Waals surface area (Å²) in [6.45, 7) is 0. The van der Waals surface area contributed by atoms with Crippen molar-refractivity contribution in [1.82, 2.24) is 4.90 Å². The quantitative estimate of drug-likeness (QED) is 0.224. The van der Waals surface area contributed by atoms with Gasteiger partial charge in [-0.05, 0) is 0 Å². The van der Waals surface area contributed by atoms with Crippen molar-refractivity contribution in [3.05, 3.63) is 0 Å². The van der Waals surface area contributed by atoms with Gasteiger partial charge in [-0.2, -0.15) is 0 Å². The Morgan fingerprint density at radius 3 is 0.812 bits per heavy atom. The van der Waals surface area contributed by atoms with Crippen molar-refractivity contribution in [3.63, 3.8) is 0 Å². The van der Waals surface area contributed by atoms with Crippen molar-refractivity contribution in [1.29, 1.82) is 0 Å². The van der Waals surface area contributed by atoms with Gasteiger partial charge in [0.05, 0.1) is 0 Å². The topological polar surface area (TPSA) is 185 Å². The third-order valence-electron chi connectivity index (χ3n) is 1.31. The molecule has 9 N–H and O–H groups in total. The second-order valence-electron chi connectivity index (χ2n) is 3.47. The zero-order valence-electron chi connectivity index (χ0n) is 8.09. The minimum absolute atomic E-state index is 0.560. The zero-order chi connectivity index (χ0) is 13.2. The second-order valence-corrected chi connectivity index (χ2v) is 9.06. The van der Waals surface area contributed by atoms with Crippen LogP contribution in [0.2, 0.25) is 0 Å². The van der Waals surface area contributed by atoms with E-state index in [0.717, 1.165) is 0 Å². The first kappa shape index (κ1) is 16.9. The maximum atomic E-state index is 8.73. The van der Waals surface area contributed by atoms with Gasteiger partial charge in [-0.15, -0.1) is 0 Å². The molecule has 0 heterocycles. The second kappa shape index (κ2) is 5.69. The molecule has 0 atom stereocenters. The summed E-state index contributed by atoms with van der Waals surface area (Å²) in [4.78, 5) is 79.1. The van der Waals surface area contributed by atoms with Crippen molar-refractivity contribution < 1.29 is 44.0 Å². The molecule has 0 amide bonds. The van der Waals surface area contributed by atoms with Crippen LogP contribution in [0.1, 0.15) is 0 Å². The Hall–Kier alpha value is 0.890. The van der Waals surface area contributed by atoms with Crippen LogP contribution in [0.3, 0.4) is 0 Å². The van der Waals surface area contributed by atoms with Crippen LogP contribution >= 0.6 is 23.8 Å². The van der Waals surface area contributed by atoms with Gasteiger partial charge < -0.3 is 0 Å². The molecule has 13 heteroatoms. The normalized spacial score (nSPS) is 17.6. The Kier molecular flexibility index (Phi) is 6.00. The first-order valence-electron chi connectivity index (χ1n) is 4.02. The number of nitrogens with zero attached hydrogens (tertiary/aromatic N) is 1. The molecule has 0 spiro atoms. The molecule has 0 aromatic heterocycles. The van der Waals surface area contributed by atoms with Gasteiger partial charge in [0.15, 0.2) is 0 Å². The molecule has 0 aliphatic heterocycles. The van der Waals surface area contributed by atoms with Gasteiger partial charge in [-0.1, -0.05) is 0 Å². The van der Waals surface area contributed by atoms with Gasteiger partial charge in [-0.25, -0.2) is 0 Å². The van der Waals surface area contributed by atoms with Crippen LogP contribution in [-0.2, 0) is 0 Å². The Bertz CT molecular complexity index is 179. The molecule has 10 nitrogen and oxygen atoms in total. The molecule has 0 aromatic carbocycles. The van der Waals surface area contributed by atoms with Gasteiger partial charge in [-0.3, -0.25) is 0 Å². The molecule has 0 aromatic rings. The Morgan fingerprint density at radius 2 is 0.688 bits per heavy atom. The van der Waals surface area contributed by atoms with E-state index in [2.05, 4.69) is 0 Å². The van der Waals surface area contributed by atoms with E-state index in [1.54, 1.807) is 0 Å². The van der Waals surface area contributed by atoms with E-state index >= 15 is 0 Å². The van der Waals surface area contributed by atoms with Crippen molar-refractivity contribution >= 4 is 23.8 Å². The molecule has 0 saturated heterocycles. The predicted octanol–water partition coefficient (Wildman–Crippen LogP) is -3.42. The summed E-state index contributed by atoms with van der Waals surface area (Å²) in [7, 11) is -13.8. The van der Waals surface area contributed by atoms with Gasteiger partial charge in [0.1, 0.15) is 0 Å². The molecule has 0 unspecified atom stereocenters. The minimum atomic E-state index is -4.62. The third-order valence-corrected chi connectivity index (χ3v) is 3.92. The van der Waals surface area contributed by atoms with E-state index in [9.17, 15) is 0 Å². The van der Waals surface area contributed by atoms with E-state index in [0.29, 0.717) is 4.90 Å². The molecule has 0 aliphatic rings. The van der Waals surface area contributed by atoms with Gasteiger partial charge >= 0.3 is 91.6 Å². The molecule has 16 heavy (non-hydrogen) atoms. The third kappa shape index (κ3) is 11.4. The van der Waals surface area contributed by atoms with Gasteiger partial charge in [0, 0.05) is 0 Å². The van der Waals surface area contributed by atoms with Crippen LogP contribution in [0, 0.1) is 0 Å². The van der Waals surface area contributed by atoms with Crippen molar-refractivity contribution in [3.8, 4) is 0 Å². The Labute approximate surface area is 92.4 Å². The molecular weight excluding hydrogens is 287 g/mol. The molecule has 0 radical (unpaired) electrons. The van der Waals surface area contributed by atoms with Crippen LogP contribution < -0.4 is 0 Å². The summed E-state index contributed by atoms with van der Waals surface area (Å²) in [6.07, 6.45) is -2.71. The van der Waals surface area contributed by atoms with E-state index in [1.165, 1.54) is 0 Å². The summed E-state index contributed by atoms with van der Waals surface area (Å²) in [6, 6.07) is 0. The number of hydrogen-bond acceptors (Lipinski definition) is 10. The first-order valence-corrected chi connectivity index (χ1v) is 10.2. The predicted molar refractivity (Wildman–Crippen MR) is 61.4 cm³/mol. The monoisotopic (exact) mass is 305 g/mol. The van der Waals surface area contributed by atoms with E-state index < -0.39 is 42.7 Å². The average Bonchev–Trinajstić information content (AvgIpc) is 1.70. The standard InChI is InChI=1S/C3H18NO9P3/c5-14(6,7)1-4(2-15(8,9)10)3-16(11,12)13/h5-16H,1-3H2. The van der Waals surface area contributed by atoms with Crippen LogP contribution in [0.5, 0.6) is 0 Å². The van der Waals surface area contributed by atoms with Crippen molar-refractivity contribution in [2.75, 3.05) is 18.9 Å². The summed E-state index contributed by atoms with van der Waals surface area (Å²) in [5.41, 5.74) is 0. The van der Waals surface area contributed by atoms with Crippen LogP contribution in [0.25, 0.3) is 0 Å². The summed E-state index contributed by atoms with van der Waals surface area (Å²) in [5.74, 6) is 0. The van der Waals surface area contributed by atoms with Crippen LogP contribution in [0.4, 0.5) is 0 Å². The van der Waals surface area contributed by atoms with E-state index in [1.807, 2.05) is 0 Å². The fraction of sp³-hybridized carbons (Fsp3) is 1.00. The van der Waals surface area contributed by atoms with Crippen LogP contribution in [0.15, 0.2) is 0 Å². The molecule has 0 fully saturated rings. The fourth-order valence-corrected chi connectivity index (χ4v) is 4.21. The van der Waals surface area contributed by atoms with Crippen molar-refractivity contribution in [2.24, 2.45) is 0 Å². The van der Waals surface area contributed by atoms with Gasteiger partial charge in [0.2, 0.25) is 0 Å². The van der Waals surface area contributed by atoms with E-state index in [4.69, 9.17) is 44.0 Å². The van der Waals surface area contributed by atoms with Crippen molar-refractivity contribution in [2.45, 2.75) is 0 Å². The van der Waals surface area contributed by atoms with Crippen LogP contribution in [-0.4, -0.2) is 67.8 Å². The first-order chi connectivity index (χ1) is 6.79. The summed E-state index contributed by atoms with van der Waals surface area (Å²) >= 11 is 0. The molecule has 0 saturated carbocycles. The number of rotatable bonds is 6. The van der Waals surface area contributed by atoms with E-state index in [-0.39, 0.29) is 0 Å². The summed E-state index contributed by atoms with van der Waals surface area (Å²) in [5, 5.41) is 0. The Balaban J connectivity index is 4.53. The summed E-state index contributed by atoms with van der Waals surface area (Å²) < 4.78 is 0. The molecule has 104 valence electrons. The molecular formula is C3H18NO9P3. The maximum absolute atomic E-state index is 8.73. The molecule has 0 rings (SSSR count). The molecule has 0 aliphatic carbocycles.